The zero-order chi connectivity index (χ0) is 13.8. The highest BCUT2D eigenvalue weighted by atomic mass is 16.1. The molecule has 2 aromatic rings. The molecule has 2 N–H and O–H groups in total. The first-order chi connectivity index (χ1) is 9.10. The Hall–Kier alpha value is -2.37. The molecule has 100 valence electrons. The van der Waals surface area contributed by atoms with Crippen LogP contribution in [0.4, 0.5) is 11.5 Å². The van der Waals surface area contributed by atoms with Crippen LogP contribution in [0, 0.1) is 6.92 Å². The summed E-state index contributed by atoms with van der Waals surface area (Å²) in [7, 11) is 1.81. The Bertz CT molecular complexity index is 590. The summed E-state index contributed by atoms with van der Waals surface area (Å²) >= 11 is 0. The van der Waals surface area contributed by atoms with E-state index in [1.807, 2.05) is 27.0 Å². The molecule has 0 saturated carbocycles. The summed E-state index contributed by atoms with van der Waals surface area (Å²) in [4.78, 5) is 16.3. The van der Waals surface area contributed by atoms with Crippen LogP contribution in [-0.2, 0) is 7.05 Å². The molecule has 0 radical (unpaired) electrons. The average molecular weight is 259 g/mol. The predicted octanol–water partition coefficient (Wildman–Crippen LogP) is 1.81. The molecule has 6 nitrogen and oxygen atoms in total. The van der Waals surface area contributed by atoms with E-state index in [0.717, 1.165) is 12.2 Å². The van der Waals surface area contributed by atoms with E-state index in [0.29, 0.717) is 17.2 Å². The van der Waals surface area contributed by atoms with Crippen molar-refractivity contribution in [2.24, 2.45) is 7.05 Å². The maximum absolute atomic E-state index is 12.1. The summed E-state index contributed by atoms with van der Waals surface area (Å²) in [6.45, 7) is 4.59. The molecule has 0 spiro atoms. The maximum Gasteiger partial charge on any atom is 0.274 e. The van der Waals surface area contributed by atoms with Gasteiger partial charge in [-0.25, -0.2) is 4.98 Å². The minimum atomic E-state index is -0.240. The topological polar surface area (TPSA) is 71.8 Å². The van der Waals surface area contributed by atoms with Crippen LogP contribution in [0.1, 0.15) is 23.1 Å². The SMILES string of the molecule is CCNc1cccc(C(=O)Nc2cn(C)nc2C)n1. The highest BCUT2D eigenvalue weighted by Crippen LogP contribution is 2.13. The van der Waals surface area contributed by atoms with Crippen LogP contribution in [0.3, 0.4) is 0 Å². The van der Waals surface area contributed by atoms with Gasteiger partial charge in [-0.3, -0.25) is 9.48 Å². The number of carbonyl (C=O) groups excluding carboxylic acids is 1. The number of pyridine rings is 1. The van der Waals surface area contributed by atoms with Crippen molar-refractivity contribution in [2.45, 2.75) is 13.8 Å². The first-order valence-electron chi connectivity index (χ1n) is 6.12. The first-order valence-corrected chi connectivity index (χ1v) is 6.12. The van der Waals surface area contributed by atoms with Crippen LogP contribution in [0.25, 0.3) is 0 Å². The second-order valence-corrected chi connectivity index (χ2v) is 4.19. The lowest BCUT2D eigenvalue weighted by Crippen LogP contribution is -2.14. The van der Waals surface area contributed by atoms with Crippen molar-refractivity contribution in [1.29, 1.82) is 0 Å². The van der Waals surface area contributed by atoms with Gasteiger partial charge >= 0.3 is 0 Å². The molecule has 0 aliphatic carbocycles. The number of carbonyl (C=O) groups is 1. The lowest BCUT2D eigenvalue weighted by atomic mass is 10.3. The molecule has 0 fully saturated rings. The molecule has 0 saturated heterocycles. The second-order valence-electron chi connectivity index (χ2n) is 4.19. The van der Waals surface area contributed by atoms with E-state index in [-0.39, 0.29) is 5.91 Å². The Morgan fingerprint density at radius 2 is 2.21 bits per heavy atom. The van der Waals surface area contributed by atoms with Gasteiger partial charge in [0.15, 0.2) is 0 Å². The summed E-state index contributed by atoms with van der Waals surface area (Å²) in [5.41, 5.74) is 1.85. The van der Waals surface area contributed by atoms with Gasteiger partial charge in [-0.2, -0.15) is 5.10 Å². The van der Waals surface area contributed by atoms with E-state index in [2.05, 4.69) is 20.7 Å². The fourth-order valence-corrected chi connectivity index (χ4v) is 1.75. The smallest absolute Gasteiger partial charge is 0.274 e. The number of hydrogen-bond acceptors (Lipinski definition) is 4. The molecule has 1 amide bonds. The molecule has 0 aliphatic heterocycles. The highest BCUT2D eigenvalue weighted by Gasteiger charge is 2.11. The number of rotatable bonds is 4. The van der Waals surface area contributed by atoms with E-state index in [4.69, 9.17) is 0 Å². The van der Waals surface area contributed by atoms with Gasteiger partial charge in [0.25, 0.3) is 5.91 Å². The Morgan fingerprint density at radius 1 is 1.42 bits per heavy atom. The maximum atomic E-state index is 12.1. The van der Waals surface area contributed by atoms with Crippen LogP contribution in [-0.4, -0.2) is 27.2 Å². The van der Waals surface area contributed by atoms with Gasteiger partial charge in [0.05, 0.1) is 11.4 Å². The fourth-order valence-electron chi connectivity index (χ4n) is 1.75. The van der Waals surface area contributed by atoms with Gasteiger partial charge in [0.1, 0.15) is 11.5 Å². The van der Waals surface area contributed by atoms with Crippen LogP contribution in [0.2, 0.25) is 0 Å². The minimum absolute atomic E-state index is 0.240. The van der Waals surface area contributed by atoms with Crippen molar-refractivity contribution in [3.05, 3.63) is 35.8 Å². The predicted molar refractivity (Wildman–Crippen MR) is 74.3 cm³/mol. The van der Waals surface area contributed by atoms with Crippen molar-refractivity contribution < 1.29 is 4.79 Å². The molecule has 0 unspecified atom stereocenters. The van der Waals surface area contributed by atoms with E-state index >= 15 is 0 Å². The summed E-state index contributed by atoms with van der Waals surface area (Å²) in [5, 5.41) is 10.1. The van der Waals surface area contributed by atoms with Crippen molar-refractivity contribution >= 4 is 17.4 Å². The van der Waals surface area contributed by atoms with Crippen molar-refractivity contribution in [2.75, 3.05) is 17.2 Å². The van der Waals surface area contributed by atoms with Crippen molar-refractivity contribution in [3.8, 4) is 0 Å². The molecule has 0 atom stereocenters. The lowest BCUT2D eigenvalue weighted by Gasteiger charge is -2.06. The fraction of sp³-hybridized carbons (Fsp3) is 0.308. The van der Waals surface area contributed by atoms with Gasteiger partial charge < -0.3 is 10.6 Å². The monoisotopic (exact) mass is 259 g/mol. The van der Waals surface area contributed by atoms with Crippen LogP contribution >= 0.6 is 0 Å². The van der Waals surface area contributed by atoms with Crippen molar-refractivity contribution in [3.63, 3.8) is 0 Å². The molecule has 0 bridgehead atoms. The Labute approximate surface area is 111 Å². The van der Waals surface area contributed by atoms with E-state index in [1.54, 1.807) is 23.0 Å². The Balaban J connectivity index is 2.15. The van der Waals surface area contributed by atoms with Crippen LogP contribution in [0.15, 0.2) is 24.4 Å². The molecule has 2 heterocycles. The first kappa shape index (κ1) is 13.1. The molecule has 19 heavy (non-hydrogen) atoms. The molecule has 0 aromatic carbocycles. The number of anilines is 2. The molecule has 6 heteroatoms. The van der Waals surface area contributed by atoms with E-state index in [1.165, 1.54) is 0 Å². The minimum Gasteiger partial charge on any atom is -0.370 e. The largest absolute Gasteiger partial charge is 0.370 e. The number of aromatic nitrogens is 3. The Morgan fingerprint density at radius 3 is 2.84 bits per heavy atom. The standard InChI is InChI=1S/C13H17N5O/c1-4-14-12-7-5-6-10(15-12)13(19)16-11-8-18(3)17-9(11)2/h5-8H,4H2,1-3H3,(H,14,15)(H,16,19). The second kappa shape index (κ2) is 5.51. The molecule has 2 aromatic heterocycles. The number of aryl methyl sites for hydroxylation is 2. The third-order valence-electron chi connectivity index (χ3n) is 2.60. The third kappa shape index (κ3) is 3.09. The van der Waals surface area contributed by atoms with E-state index in [9.17, 15) is 4.79 Å². The third-order valence-corrected chi connectivity index (χ3v) is 2.60. The van der Waals surface area contributed by atoms with Gasteiger partial charge in [0, 0.05) is 19.8 Å². The number of amides is 1. The number of hydrogen-bond donors (Lipinski definition) is 2. The molecular formula is C13H17N5O. The van der Waals surface area contributed by atoms with Crippen LogP contribution in [0.5, 0.6) is 0 Å². The van der Waals surface area contributed by atoms with Gasteiger partial charge in [-0.15, -0.1) is 0 Å². The summed E-state index contributed by atoms with van der Waals surface area (Å²) in [6.07, 6.45) is 1.77. The zero-order valence-electron chi connectivity index (χ0n) is 11.3. The quantitative estimate of drug-likeness (QED) is 0.878. The van der Waals surface area contributed by atoms with Gasteiger partial charge in [0.2, 0.25) is 0 Å². The molecule has 0 aliphatic rings. The van der Waals surface area contributed by atoms with E-state index < -0.39 is 0 Å². The Kier molecular flexibility index (Phi) is 3.79. The van der Waals surface area contributed by atoms with Crippen molar-refractivity contribution in [1.82, 2.24) is 14.8 Å². The van der Waals surface area contributed by atoms with Gasteiger partial charge in [-0.1, -0.05) is 6.07 Å². The number of nitrogens with zero attached hydrogens (tertiary/aromatic N) is 3. The zero-order valence-corrected chi connectivity index (χ0v) is 11.3. The van der Waals surface area contributed by atoms with Gasteiger partial charge in [-0.05, 0) is 26.0 Å². The highest BCUT2D eigenvalue weighted by molar-refractivity contribution is 6.03. The number of nitrogens with one attached hydrogen (secondary N) is 2. The normalized spacial score (nSPS) is 10.3. The molecular weight excluding hydrogens is 242 g/mol. The average Bonchev–Trinajstić information content (AvgIpc) is 2.68. The van der Waals surface area contributed by atoms with Crippen LogP contribution < -0.4 is 10.6 Å². The lowest BCUT2D eigenvalue weighted by molar-refractivity contribution is 0.102. The summed E-state index contributed by atoms with van der Waals surface area (Å²) in [5.74, 6) is 0.453. The summed E-state index contributed by atoms with van der Waals surface area (Å²) in [6, 6.07) is 5.31. The molecule has 2 rings (SSSR count). The summed E-state index contributed by atoms with van der Waals surface area (Å²) < 4.78 is 1.66.